The fourth-order valence-corrected chi connectivity index (χ4v) is 5.40. The number of methoxy groups -OCH3 is 1. The zero-order chi connectivity index (χ0) is 13.9. The Bertz CT molecular complexity index is 433. The van der Waals surface area contributed by atoms with Crippen molar-refractivity contribution in [1.82, 2.24) is 4.90 Å². The molecule has 0 aromatic rings. The van der Waals surface area contributed by atoms with E-state index in [1.165, 1.54) is 26.4 Å². The summed E-state index contributed by atoms with van der Waals surface area (Å²) in [4.78, 5) is 26.3. The number of fused-ring (bicyclic) bond motifs is 5. The first-order chi connectivity index (χ1) is 9.70. The highest BCUT2D eigenvalue weighted by atomic mass is 16.5. The molecule has 1 heterocycles. The van der Waals surface area contributed by atoms with E-state index in [1.54, 1.807) is 0 Å². The van der Waals surface area contributed by atoms with Crippen LogP contribution in [0.2, 0.25) is 0 Å². The van der Waals surface area contributed by atoms with Gasteiger partial charge in [-0.15, -0.1) is 0 Å². The maximum atomic E-state index is 12.7. The van der Waals surface area contributed by atoms with Gasteiger partial charge in [-0.3, -0.25) is 9.59 Å². The molecule has 4 fully saturated rings. The van der Waals surface area contributed by atoms with Gasteiger partial charge in [-0.25, -0.2) is 0 Å². The summed E-state index contributed by atoms with van der Waals surface area (Å²) in [6, 6.07) is 0. The average Bonchev–Trinajstić information content (AvgIpc) is 2.92. The number of ether oxygens (including phenoxy) is 1. The predicted molar refractivity (Wildman–Crippen MR) is 72.6 cm³/mol. The summed E-state index contributed by atoms with van der Waals surface area (Å²) in [7, 11) is 1.44. The van der Waals surface area contributed by atoms with Crippen molar-refractivity contribution in [3.63, 3.8) is 0 Å². The molecule has 4 heteroatoms. The molecule has 0 spiro atoms. The Morgan fingerprint density at radius 2 is 1.80 bits per heavy atom. The van der Waals surface area contributed by atoms with Crippen LogP contribution in [0.3, 0.4) is 0 Å². The van der Waals surface area contributed by atoms with Crippen LogP contribution in [-0.2, 0) is 14.3 Å². The molecule has 3 aliphatic carbocycles. The molecule has 4 aliphatic rings. The van der Waals surface area contributed by atoms with Gasteiger partial charge in [0.15, 0.2) is 0 Å². The van der Waals surface area contributed by atoms with Gasteiger partial charge in [0.1, 0.15) is 0 Å². The third kappa shape index (κ3) is 1.73. The maximum Gasteiger partial charge on any atom is 0.310 e. The SMILES string of the molecule is COC(=O)[C@H]1CCCN(C(=O)C2C3C4CCC(C4)C23)C1. The van der Waals surface area contributed by atoms with Gasteiger partial charge in [0, 0.05) is 19.0 Å². The second-order valence-electron chi connectivity index (χ2n) is 7.16. The Morgan fingerprint density at radius 3 is 2.45 bits per heavy atom. The van der Waals surface area contributed by atoms with Crippen LogP contribution in [0.15, 0.2) is 0 Å². The monoisotopic (exact) mass is 277 g/mol. The summed E-state index contributed by atoms with van der Waals surface area (Å²) in [6.45, 7) is 1.41. The second kappa shape index (κ2) is 4.47. The highest BCUT2D eigenvalue weighted by Crippen LogP contribution is 2.69. The van der Waals surface area contributed by atoms with Crippen LogP contribution in [-0.4, -0.2) is 37.0 Å². The molecule has 4 nitrogen and oxygen atoms in total. The lowest BCUT2D eigenvalue weighted by Gasteiger charge is -2.32. The van der Waals surface area contributed by atoms with E-state index < -0.39 is 0 Å². The van der Waals surface area contributed by atoms with Crippen molar-refractivity contribution in [1.29, 1.82) is 0 Å². The van der Waals surface area contributed by atoms with Crippen LogP contribution in [0, 0.1) is 35.5 Å². The zero-order valence-corrected chi connectivity index (χ0v) is 12.1. The Morgan fingerprint density at radius 1 is 1.10 bits per heavy atom. The predicted octanol–water partition coefficient (Wildman–Crippen LogP) is 1.69. The fraction of sp³-hybridized carbons (Fsp3) is 0.875. The van der Waals surface area contributed by atoms with Gasteiger partial charge in [-0.2, -0.15) is 0 Å². The van der Waals surface area contributed by atoms with E-state index in [1.807, 2.05) is 4.90 Å². The number of carbonyl (C=O) groups excluding carboxylic acids is 2. The molecule has 110 valence electrons. The first-order valence-corrected chi connectivity index (χ1v) is 8.07. The second-order valence-corrected chi connectivity index (χ2v) is 7.16. The molecule has 1 aliphatic heterocycles. The first kappa shape index (κ1) is 12.7. The van der Waals surface area contributed by atoms with E-state index in [2.05, 4.69) is 0 Å². The Balaban J connectivity index is 1.41. The highest BCUT2D eigenvalue weighted by Gasteiger charge is 2.68. The minimum atomic E-state index is -0.154. The van der Waals surface area contributed by atoms with Gasteiger partial charge in [-0.1, -0.05) is 0 Å². The number of likely N-dealkylation sites (tertiary alicyclic amines) is 1. The molecule has 0 N–H and O–H groups in total. The van der Waals surface area contributed by atoms with Crippen molar-refractivity contribution < 1.29 is 14.3 Å². The van der Waals surface area contributed by atoms with E-state index >= 15 is 0 Å². The molecule has 0 radical (unpaired) electrons. The lowest BCUT2D eigenvalue weighted by Crippen LogP contribution is -2.44. The van der Waals surface area contributed by atoms with Crippen LogP contribution >= 0.6 is 0 Å². The van der Waals surface area contributed by atoms with Gasteiger partial charge < -0.3 is 9.64 Å². The number of hydrogen-bond donors (Lipinski definition) is 0. The number of esters is 1. The molecule has 2 bridgehead atoms. The lowest BCUT2D eigenvalue weighted by atomic mass is 9.96. The average molecular weight is 277 g/mol. The van der Waals surface area contributed by atoms with Gasteiger partial charge in [-0.05, 0) is 55.8 Å². The van der Waals surface area contributed by atoms with Gasteiger partial charge in [0.05, 0.1) is 13.0 Å². The number of nitrogens with zero attached hydrogens (tertiary/aromatic N) is 1. The lowest BCUT2D eigenvalue weighted by molar-refractivity contribution is -0.149. The summed E-state index contributed by atoms with van der Waals surface area (Å²) in [5.74, 6) is 3.44. The van der Waals surface area contributed by atoms with E-state index in [9.17, 15) is 9.59 Å². The Kier molecular flexibility index (Phi) is 2.83. The number of hydrogen-bond acceptors (Lipinski definition) is 3. The molecular weight excluding hydrogens is 254 g/mol. The molecule has 4 rings (SSSR count). The van der Waals surface area contributed by atoms with E-state index in [0.29, 0.717) is 30.2 Å². The molecule has 1 saturated heterocycles. The largest absolute Gasteiger partial charge is 0.469 e. The van der Waals surface area contributed by atoms with Crippen LogP contribution in [0.5, 0.6) is 0 Å². The number of rotatable bonds is 2. The summed E-state index contributed by atoms with van der Waals surface area (Å²) < 4.78 is 4.84. The minimum Gasteiger partial charge on any atom is -0.469 e. The van der Waals surface area contributed by atoms with E-state index in [4.69, 9.17) is 4.74 Å². The third-order valence-electron chi connectivity index (χ3n) is 6.29. The van der Waals surface area contributed by atoms with Gasteiger partial charge in [0.25, 0.3) is 0 Å². The third-order valence-corrected chi connectivity index (χ3v) is 6.29. The highest BCUT2D eigenvalue weighted by molar-refractivity contribution is 5.84. The van der Waals surface area contributed by atoms with Crippen molar-refractivity contribution in [2.45, 2.75) is 32.1 Å². The fourth-order valence-electron chi connectivity index (χ4n) is 5.40. The summed E-state index contributed by atoms with van der Waals surface area (Å²) in [5.41, 5.74) is 0. The van der Waals surface area contributed by atoms with Crippen molar-refractivity contribution in [2.24, 2.45) is 35.5 Å². The molecular formula is C16H23NO3. The Labute approximate surface area is 119 Å². The molecule has 0 aromatic heterocycles. The maximum absolute atomic E-state index is 12.7. The van der Waals surface area contributed by atoms with Crippen molar-refractivity contribution in [3.8, 4) is 0 Å². The van der Waals surface area contributed by atoms with Crippen LogP contribution in [0.25, 0.3) is 0 Å². The molecule has 3 saturated carbocycles. The number of carbonyl (C=O) groups is 2. The molecule has 5 atom stereocenters. The van der Waals surface area contributed by atoms with Crippen LogP contribution in [0.4, 0.5) is 0 Å². The quantitative estimate of drug-likeness (QED) is 0.722. The molecule has 20 heavy (non-hydrogen) atoms. The number of amides is 1. The minimum absolute atomic E-state index is 0.104. The van der Waals surface area contributed by atoms with E-state index in [-0.39, 0.29) is 11.9 Å². The molecule has 0 aromatic carbocycles. The van der Waals surface area contributed by atoms with Crippen molar-refractivity contribution in [2.75, 3.05) is 20.2 Å². The normalized spacial score (nSPS) is 45.1. The smallest absolute Gasteiger partial charge is 0.310 e. The Hall–Kier alpha value is -1.06. The zero-order valence-electron chi connectivity index (χ0n) is 12.1. The van der Waals surface area contributed by atoms with Crippen molar-refractivity contribution in [3.05, 3.63) is 0 Å². The summed E-state index contributed by atoms with van der Waals surface area (Å²) in [6.07, 6.45) is 5.87. The molecule has 4 unspecified atom stereocenters. The first-order valence-electron chi connectivity index (χ1n) is 8.07. The standard InChI is InChI=1S/C16H23NO3/c1-20-16(19)11-3-2-6-17(8-11)15(18)14-12-9-4-5-10(7-9)13(12)14/h9-14H,2-8H2,1H3/t9?,10?,11-,12?,13?,14?/m0/s1. The molecule has 1 amide bonds. The summed E-state index contributed by atoms with van der Waals surface area (Å²) in [5, 5.41) is 0. The van der Waals surface area contributed by atoms with Crippen LogP contribution in [0.1, 0.15) is 32.1 Å². The van der Waals surface area contributed by atoms with Gasteiger partial charge in [0.2, 0.25) is 5.91 Å². The van der Waals surface area contributed by atoms with E-state index in [0.717, 1.165) is 31.2 Å². The topological polar surface area (TPSA) is 46.6 Å². The summed E-state index contributed by atoms with van der Waals surface area (Å²) >= 11 is 0. The number of piperidine rings is 1. The van der Waals surface area contributed by atoms with Gasteiger partial charge >= 0.3 is 5.97 Å². The van der Waals surface area contributed by atoms with Crippen molar-refractivity contribution >= 4 is 11.9 Å². The van der Waals surface area contributed by atoms with Crippen LogP contribution < -0.4 is 0 Å².